The fourth-order valence-electron chi connectivity index (χ4n) is 3.53. The summed E-state index contributed by atoms with van der Waals surface area (Å²) in [6, 6.07) is 16.3. The quantitative estimate of drug-likeness (QED) is 0.554. The number of hydrogen-bond donors (Lipinski definition) is 1. The van der Waals surface area contributed by atoms with E-state index in [4.69, 9.17) is 9.47 Å². The number of anilines is 1. The van der Waals surface area contributed by atoms with Crippen LogP contribution in [0.3, 0.4) is 0 Å². The van der Waals surface area contributed by atoms with Crippen LogP contribution >= 0.6 is 11.3 Å². The lowest BCUT2D eigenvalue weighted by molar-refractivity contribution is 0.103. The summed E-state index contributed by atoms with van der Waals surface area (Å²) in [5.74, 6) is 1.39. The molecule has 3 heterocycles. The fourth-order valence-corrected chi connectivity index (χ4v) is 4.15. The minimum atomic E-state index is -0.257. The molecule has 1 aliphatic rings. The average molecular weight is 404 g/mol. The average Bonchev–Trinajstić information content (AvgIpc) is 3.43. The third kappa shape index (κ3) is 2.87. The first-order valence-corrected chi connectivity index (χ1v) is 9.88. The van der Waals surface area contributed by atoms with Crippen LogP contribution in [0.1, 0.15) is 9.67 Å². The van der Waals surface area contributed by atoms with Gasteiger partial charge in [-0.05, 0) is 41.3 Å². The van der Waals surface area contributed by atoms with E-state index in [2.05, 4.69) is 5.32 Å². The molecule has 1 amide bonds. The van der Waals surface area contributed by atoms with Crippen LogP contribution in [0.4, 0.5) is 5.82 Å². The van der Waals surface area contributed by atoms with Gasteiger partial charge in [-0.25, -0.2) is 0 Å². The van der Waals surface area contributed by atoms with Gasteiger partial charge in [0.05, 0.1) is 16.0 Å². The second-order valence-corrected chi connectivity index (χ2v) is 7.58. The number of carbonyl (C=O) groups excluding carboxylic acids is 1. The fraction of sp³-hybridized carbons (Fsp3) is 0.0909. The van der Waals surface area contributed by atoms with Crippen molar-refractivity contribution >= 4 is 34.0 Å². The molecule has 2 aromatic heterocycles. The zero-order valence-electron chi connectivity index (χ0n) is 15.5. The first-order valence-electron chi connectivity index (χ1n) is 9.00. The molecule has 0 saturated heterocycles. The highest BCUT2D eigenvalue weighted by atomic mass is 32.1. The molecule has 0 saturated carbocycles. The van der Waals surface area contributed by atoms with E-state index in [0.29, 0.717) is 38.7 Å². The van der Waals surface area contributed by atoms with E-state index in [1.54, 1.807) is 30.3 Å². The summed E-state index contributed by atoms with van der Waals surface area (Å²) in [5.41, 5.74) is 1.65. The van der Waals surface area contributed by atoms with Crippen LogP contribution in [0.15, 0.2) is 64.8 Å². The van der Waals surface area contributed by atoms with Gasteiger partial charge in [0.15, 0.2) is 16.9 Å². The molecule has 2 aromatic carbocycles. The molecule has 0 fully saturated rings. The number of ether oxygens (including phenoxy) is 2. The van der Waals surface area contributed by atoms with Crippen LogP contribution in [0, 0.1) is 0 Å². The van der Waals surface area contributed by atoms with E-state index in [1.807, 2.05) is 41.3 Å². The molecule has 1 aliphatic heterocycles. The third-order valence-corrected chi connectivity index (χ3v) is 5.82. The highest BCUT2D eigenvalue weighted by Gasteiger charge is 2.22. The zero-order valence-corrected chi connectivity index (χ0v) is 16.3. The Balaban J connectivity index is 1.76. The maximum absolute atomic E-state index is 13.4. The molecule has 7 heteroatoms. The van der Waals surface area contributed by atoms with Gasteiger partial charge in [-0.3, -0.25) is 9.59 Å². The van der Waals surface area contributed by atoms with Gasteiger partial charge in [0.2, 0.25) is 6.79 Å². The Kier molecular flexibility index (Phi) is 4.10. The van der Waals surface area contributed by atoms with Gasteiger partial charge in [-0.1, -0.05) is 24.3 Å². The predicted molar refractivity (Wildman–Crippen MR) is 113 cm³/mol. The Morgan fingerprint density at radius 3 is 2.72 bits per heavy atom. The minimum Gasteiger partial charge on any atom is -0.454 e. The second-order valence-electron chi connectivity index (χ2n) is 6.63. The minimum absolute atomic E-state index is 0.149. The molecule has 4 aromatic rings. The standard InChI is InChI=1S/C22H16N2O4S/c1-24-15-6-3-2-5-14(15)20(25)19(13-8-9-16-17(11-13)28-12-27-16)21(24)23-22(26)18-7-4-10-29-18/h2-11H,12H2,1H3,(H,23,26). The van der Waals surface area contributed by atoms with E-state index in [1.165, 1.54) is 11.3 Å². The Hall–Kier alpha value is -3.58. The Bertz CT molecular complexity index is 1310. The molecule has 0 unspecified atom stereocenters. The van der Waals surface area contributed by atoms with Crippen molar-refractivity contribution in [3.63, 3.8) is 0 Å². The number of nitrogens with zero attached hydrogens (tertiary/aromatic N) is 1. The maximum atomic E-state index is 13.4. The molecule has 6 nitrogen and oxygen atoms in total. The Labute approximate surface area is 169 Å². The summed E-state index contributed by atoms with van der Waals surface area (Å²) in [6.07, 6.45) is 0. The van der Waals surface area contributed by atoms with Crippen LogP contribution in [-0.2, 0) is 7.05 Å². The first-order chi connectivity index (χ1) is 14.1. The van der Waals surface area contributed by atoms with Gasteiger partial charge in [-0.15, -0.1) is 11.3 Å². The summed E-state index contributed by atoms with van der Waals surface area (Å²) in [7, 11) is 1.84. The summed E-state index contributed by atoms with van der Waals surface area (Å²) in [4.78, 5) is 26.8. The number of fused-ring (bicyclic) bond motifs is 2. The number of pyridine rings is 1. The van der Waals surface area contributed by atoms with Crippen molar-refractivity contribution in [1.82, 2.24) is 4.57 Å². The number of aromatic nitrogens is 1. The molecule has 0 radical (unpaired) electrons. The molecule has 0 spiro atoms. The summed E-state index contributed by atoms with van der Waals surface area (Å²) < 4.78 is 12.7. The van der Waals surface area contributed by atoms with Crippen LogP contribution in [0.2, 0.25) is 0 Å². The number of hydrogen-bond acceptors (Lipinski definition) is 5. The summed E-state index contributed by atoms with van der Waals surface area (Å²) in [6.45, 7) is 0.149. The topological polar surface area (TPSA) is 69.6 Å². The normalized spacial score (nSPS) is 12.3. The van der Waals surface area contributed by atoms with Crippen molar-refractivity contribution < 1.29 is 14.3 Å². The highest BCUT2D eigenvalue weighted by Crippen LogP contribution is 2.37. The van der Waals surface area contributed by atoms with Crippen molar-refractivity contribution in [1.29, 1.82) is 0 Å². The van der Waals surface area contributed by atoms with Crippen molar-refractivity contribution in [2.24, 2.45) is 7.05 Å². The van der Waals surface area contributed by atoms with Crippen LogP contribution < -0.4 is 20.2 Å². The van der Waals surface area contributed by atoms with E-state index < -0.39 is 0 Å². The molecule has 29 heavy (non-hydrogen) atoms. The van der Waals surface area contributed by atoms with Crippen LogP contribution in [0.25, 0.3) is 22.0 Å². The van der Waals surface area contributed by atoms with Crippen LogP contribution in [-0.4, -0.2) is 17.3 Å². The van der Waals surface area contributed by atoms with Crippen molar-refractivity contribution in [2.45, 2.75) is 0 Å². The summed E-state index contributed by atoms with van der Waals surface area (Å²) in [5, 5.41) is 5.36. The zero-order chi connectivity index (χ0) is 20.0. The van der Waals surface area contributed by atoms with Crippen molar-refractivity contribution in [3.05, 3.63) is 75.1 Å². The Morgan fingerprint density at radius 1 is 1.07 bits per heavy atom. The smallest absolute Gasteiger partial charge is 0.266 e. The molecule has 1 N–H and O–H groups in total. The lowest BCUT2D eigenvalue weighted by Gasteiger charge is -2.18. The summed E-state index contributed by atoms with van der Waals surface area (Å²) >= 11 is 1.35. The van der Waals surface area contributed by atoms with Crippen LogP contribution in [0.5, 0.6) is 11.5 Å². The van der Waals surface area contributed by atoms with E-state index in [0.717, 1.165) is 5.52 Å². The van der Waals surface area contributed by atoms with E-state index in [9.17, 15) is 9.59 Å². The van der Waals surface area contributed by atoms with Gasteiger partial charge in [0, 0.05) is 12.4 Å². The highest BCUT2D eigenvalue weighted by molar-refractivity contribution is 7.12. The first kappa shape index (κ1) is 17.5. The molecule has 0 atom stereocenters. The SMILES string of the molecule is Cn1c(NC(=O)c2cccs2)c(-c2ccc3c(c2)OCO3)c(=O)c2ccccc21. The van der Waals surface area contributed by atoms with Gasteiger partial charge in [0.1, 0.15) is 5.82 Å². The number of para-hydroxylation sites is 1. The third-order valence-electron chi connectivity index (χ3n) is 4.95. The number of thiophene rings is 1. The van der Waals surface area contributed by atoms with Gasteiger partial charge in [-0.2, -0.15) is 0 Å². The van der Waals surface area contributed by atoms with Gasteiger partial charge >= 0.3 is 0 Å². The maximum Gasteiger partial charge on any atom is 0.266 e. The lowest BCUT2D eigenvalue weighted by atomic mass is 10.0. The molecular formula is C22H16N2O4S. The number of rotatable bonds is 3. The lowest BCUT2D eigenvalue weighted by Crippen LogP contribution is -2.21. The van der Waals surface area contributed by atoms with Crippen molar-refractivity contribution in [2.75, 3.05) is 12.1 Å². The number of aryl methyl sites for hydroxylation is 1. The molecule has 5 rings (SSSR count). The monoisotopic (exact) mass is 404 g/mol. The Morgan fingerprint density at radius 2 is 1.90 bits per heavy atom. The predicted octanol–water partition coefficient (Wildman–Crippen LogP) is 4.25. The van der Waals surface area contributed by atoms with Gasteiger partial charge in [0.25, 0.3) is 5.91 Å². The molecule has 0 bridgehead atoms. The number of nitrogens with one attached hydrogen (secondary N) is 1. The molecule has 0 aliphatic carbocycles. The number of carbonyl (C=O) groups is 1. The second kappa shape index (κ2) is 6.79. The molecular weight excluding hydrogens is 388 g/mol. The number of amides is 1. The largest absolute Gasteiger partial charge is 0.454 e. The van der Waals surface area contributed by atoms with E-state index >= 15 is 0 Å². The van der Waals surface area contributed by atoms with Gasteiger partial charge < -0.3 is 19.4 Å². The number of benzene rings is 2. The molecule has 144 valence electrons. The van der Waals surface area contributed by atoms with Crippen molar-refractivity contribution in [3.8, 4) is 22.6 Å². The van der Waals surface area contributed by atoms with E-state index in [-0.39, 0.29) is 18.1 Å².